The molecular formula is C29H33N5O4S2. The number of aryl methyl sites for hydroxylation is 1. The van der Waals surface area contributed by atoms with Crippen molar-refractivity contribution in [3.63, 3.8) is 0 Å². The van der Waals surface area contributed by atoms with Gasteiger partial charge in [0.25, 0.3) is 15.9 Å². The van der Waals surface area contributed by atoms with Crippen LogP contribution in [0.25, 0.3) is 10.2 Å². The molecule has 0 bridgehead atoms. The lowest BCUT2D eigenvalue weighted by molar-refractivity contribution is 0.0948. The van der Waals surface area contributed by atoms with Crippen molar-refractivity contribution in [2.24, 2.45) is 0 Å². The molecule has 5 rings (SSSR count). The summed E-state index contributed by atoms with van der Waals surface area (Å²) in [4.78, 5) is 22.6. The van der Waals surface area contributed by atoms with Gasteiger partial charge >= 0.3 is 0 Å². The third kappa shape index (κ3) is 6.38. The number of rotatable bonds is 10. The molecule has 3 aromatic carbocycles. The molecule has 1 aromatic heterocycles. The number of thiazole rings is 1. The van der Waals surface area contributed by atoms with Crippen molar-refractivity contribution >= 4 is 48.3 Å². The maximum atomic E-state index is 13.0. The Kier molecular flexibility index (Phi) is 8.53. The molecule has 1 aliphatic heterocycles. The highest BCUT2D eigenvalue weighted by Gasteiger charge is 2.22. The number of sulfonamides is 1. The van der Waals surface area contributed by atoms with Gasteiger partial charge in [0, 0.05) is 39.3 Å². The van der Waals surface area contributed by atoms with E-state index in [9.17, 15) is 13.2 Å². The maximum absolute atomic E-state index is 13.0. The zero-order chi connectivity index (χ0) is 28.1. The van der Waals surface area contributed by atoms with Gasteiger partial charge in [-0.15, -0.1) is 0 Å². The Labute approximate surface area is 238 Å². The molecule has 40 heavy (non-hydrogen) atoms. The topological polar surface area (TPSA) is 104 Å². The van der Waals surface area contributed by atoms with Crippen molar-refractivity contribution < 1.29 is 17.9 Å². The smallest absolute Gasteiger partial charge is 0.261 e. The van der Waals surface area contributed by atoms with E-state index in [-0.39, 0.29) is 22.1 Å². The monoisotopic (exact) mass is 579 g/mol. The SMILES string of the molecule is CCOc1cccc2sc(N3CCN(CCNC(=O)c4ccccc4NS(=O)(=O)c4ccc(C)cc4)CC3)nc12. The van der Waals surface area contributed by atoms with E-state index in [1.165, 1.54) is 0 Å². The first-order valence-electron chi connectivity index (χ1n) is 13.3. The third-order valence-corrected chi connectivity index (χ3v) is 9.24. The number of para-hydroxylation sites is 2. The predicted molar refractivity (Wildman–Crippen MR) is 160 cm³/mol. The number of anilines is 2. The molecule has 0 aliphatic carbocycles. The molecule has 9 nitrogen and oxygen atoms in total. The Hall–Kier alpha value is -3.67. The number of nitrogens with one attached hydrogen (secondary N) is 2. The van der Waals surface area contributed by atoms with E-state index in [0.717, 1.165) is 52.8 Å². The normalized spacial score (nSPS) is 14.3. The number of carbonyl (C=O) groups excluding carboxylic acids is 1. The molecule has 0 spiro atoms. The fourth-order valence-corrected chi connectivity index (χ4v) is 6.71. The van der Waals surface area contributed by atoms with Crippen LogP contribution in [0, 0.1) is 6.92 Å². The van der Waals surface area contributed by atoms with Crippen LogP contribution in [0.3, 0.4) is 0 Å². The van der Waals surface area contributed by atoms with Crippen molar-refractivity contribution in [1.82, 2.24) is 15.2 Å². The molecule has 0 saturated carbocycles. The van der Waals surface area contributed by atoms with Crippen LogP contribution in [0.2, 0.25) is 0 Å². The highest BCUT2D eigenvalue weighted by atomic mass is 32.2. The first kappa shape index (κ1) is 27.9. The van der Waals surface area contributed by atoms with Crippen LogP contribution < -0.4 is 19.7 Å². The minimum atomic E-state index is -3.82. The Balaban J connectivity index is 1.14. The molecule has 0 atom stereocenters. The summed E-state index contributed by atoms with van der Waals surface area (Å²) in [5.41, 5.74) is 2.41. The first-order chi connectivity index (χ1) is 19.3. The second-order valence-corrected chi connectivity index (χ2v) is 12.3. The highest BCUT2D eigenvalue weighted by Crippen LogP contribution is 2.34. The average Bonchev–Trinajstić information content (AvgIpc) is 3.39. The van der Waals surface area contributed by atoms with Gasteiger partial charge in [-0.3, -0.25) is 14.4 Å². The number of piperazine rings is 1. The van der Waals surface area contributed by atoms with E-state index in [1.54, 1.807) is 59.9 Å². The molecule has 0 unspecified atom stereocenters. The fourth-order valence-electron chi connectivity index (χ4n) is 4.60. The predicted octanol–water partition coefficient (Wildman–Crippen LogP) is 4.36. The van der Waals surface area contributed by atoms with E-state index >= 15 is 0 Å². The number of aromatic nitrogens is 1. The Morgan fingerprint density at radius 3 is 2.50 bits per heavy atom. The molecule has 11 heteroatoms. The van der Waals surface area contributed by atoms with E-state index < -0.39 is 10.0 Å². The standard InChI is InChI=1S/C29H33N5O4S2/c1-3-38-25-9-6-10-26-27(25)31-29(39-26)34-19-17-33(18-20-34)16-15-30-28(35)23-7-4-5-8-24(23)32-40(36,37)22-13-11-21(2)12-14-22/h4-14,32H,3,15-20H2,1-2H3,(H,30,35). The number of amides is 1. The molecule has 2 N–H and O–H groups in total. The average molecular weight is 580 g/mol. The molecule has 1 amide bonds. The largest absolute Gasteiger partial charge is 0.492 e. The summed E-state index contributed by atoms with van der Waals surface area (Å²) in [5, 5.41) is 3.95. The minimum absolute atomic E-state index is 0.146. The summed E-state index contributed by atoms with van der Waals surface area (Å²) >= 11 is 1.68. The van der Waals surface area contributed by atoms with Gasteiger partial charge in [-0.2, -0.15) is 0 Å². The number of nitrogens with zero attached hydrogens (tertiary/aromatic N) is 3. The van der Waals surface area contributed by atoms with Crippen LogP contribution in [-0.4, -0.2) is 70.1 Å². The number of hydrogen-bond donors (Lipinski definition) is 2. The fraction of sp³-hybridized carbons (Fsp3) is 0.310. The van der Waals surface area contributed by atoms with Gasteiger partial charge in [-0.25, -0.2) is 13.4 Å². The van der Waals surface area contributed by atoms with Gasteiger partial charge in [0.15, 0.2) is 5.13 Å². The van der Waals surface area contributed by atoms with Gasteiger partial charge in [-0.05, 0) is 50.2 Å². The van der Waals surface area contributed by atoms with Crippen LogP contribution in [0.4, 0.5) is 10.8 Å². The maximum Gasteiger partial charge on any atom is 0.261 e. The second kappa shape index (κ2) is 12.2. The first-order valence-corrected chi connectivity index (χ1v) is 15.6. The summed E-state index contributed by atoms with van der Waals surface area (Å²) in [5.74, 6) is 0.502. The van der Waals surface area contributed by atoms with Crippen molar-refractivity contribution in [2.75, 3.05) is 55.5 Å². The highest BCUT2D eigenvalue weighted by molar-refractivity contribution is 7.92. The van der Waals surface area contributed by atoms with E-state index in [2.05, 4.69) is 25.9 Å². The number of carbonyl (C=O) groups is 1. The number of benzene rings is 3. The molecule has 2 heterocycles. The van der Waals surface area contributed by atoms with Gasteiger partial charge in [0.2, 0.25) is 0 Å². The molecule has 4 aromatic rings. The molecule has 1 fully saturated rings. The zero-order valence-corrected chi connectivity index (χ0v) is 24.2. The minimum Gasteiger partial charge on any atom is -0.492 e. The van der Waals surface area contributed by atoms with Gasteiger partial charge in [0.1, 0.15) is 11.3 Å². The van der Waals surface area contributed by atoms with Gasteiger partial charge in [-0.1, -0.05) is 47.2 Å². The van der Waals surface area contributed by atoms with Crippen LogP contribution in [0.1, 0.15) is 22.8 Å². The summed E-state index contributed by atoms with van der Waals surface area (Å²) in [6, 6.07) is 19.2. The van der Waals surface area contributed by atoms with Gasteiger partial charge < -0.3 is 15.0 Å². The van der Waals surface area contributed by atoms with Crippen molar-refractivity contribution in [3.8, 4) is 5.75 Å². The molecular weight excluding hydrogens is 546 g/mol. The lowest BCUT2D eigenvalue weighted by Crippen LogP contribution is -2.48. The van der Waals surface area contributed by atoms with Crippen LogP contribution >= 0.6 is 11.3 Å². The van der Waals surface area contributed by atoms with Crippen molar-refractivity contribution in [3.05, 3.63) is 77.9 Å². The van der Waals surface area contributed by atoms with E-state index in [0.29, 0.717) is 19.7 Å². The number of fused-ring (bicyclic) bond motifs is 1. The molecule has 210 valence electrons. The Morgan fingerprint density at radius 2 is 1.75 bits per heavy atom. The van der Waals surface area contributed by atoms with Crippen LogP contribution in [-0.2, 0) is 10.0 Å². The quantitative estimate of drug-likeness (QED) is 0.288. The Morgan fingerprint density at radius 1 is 1.00 bits per heavy atom. The van der Waals surface area contributed by atoms with Crippen LogP contribution in [0.5, 0.6) is 5.75 Å². The van der Waals surface area contributed by atoms with Crippen molar-refractivity contribution in [2.45, 2.75) is 18.7 Å². The lowest BCUT2D eigenvalue weighted by atomic mass is 10.1. The van der Waals surface area contributed by atoms with Crippen LogP contribution in [0.15, 0.2) is 71.6 Å². The van der Waals surface area contributed by atoms with Gasteiger partial charge in [0.05, 0.1) is 27.5 Å². The lowest BCUT2D eigenvalue weighted by Gasteiger charge is -2.34. The summed E-state index contributed by atoms with van der Waals surface area (Å²) in [7, 11) is -3.82. The number of hydrogen-bond acceptors (Lipinski definition) is 8. The number of ether oxygens (including phenoxy) is 1. The summed E-state index contributed by atoms with van der Waals surface area (Å²) in [6.45, 7) is 9.04. The Bertz CT molecular complexity index is 1580. The summed E-state index contributed by atoms with van der Waals surface area (Å²) < 4.78 is 35.2. The molecule has 1 aliphatic rings. The summed E-state index contributed by atoms with van der Waals surface area (Å²) in [6.07, 6.45) is 0. The molecule has 0 radical (unpaired) electrons. The molecule has 1 saturated heterocycles. The second-order valence-electron chi connectivity index (χ2n) is 9.58. The zero-order valence-electron chi connectivity index (χ0n) is 22.6. The van der Waals surface area contributed by atoms with E-state index in [4.69, 9.17) is 9.72 Å². The third-order valence-electron chi connectivity index (χ3n) is 6.77. The van der Waals surface area contributed by atoms with Crippen molar-refractivity contribution in [1.29, 1.82) is 0 Å². The van der Waals surface area contributed by atoms with E-state index in [1.807, 2.05) is 26.0 Å².